The van der Waals surface area contributed by atoms with Crippen molar-refractivity contribution < 1.29 is 23.1 Å². The molecule has 2 aromatic rings. The Kier molecular flexibility index (Phi) is 4.44. The molecule has 2 aromatic carbocycles. The highest BCUT2D eigenvalue weighted by Crippen LogP contribution is 2.21. The van der Waals surface area contributed by atoms with Crippen molar-refractivity contribution in [2.45, 2.75) is 6.61 Å². The smallest absolute Gasteiger partial charge is 0.323 e. The Balaban J connectivity index is 2.16. The van der Waals surface area contributed by atoms with Gasteiger partial charge in [0, 0.05) is 17.3 Å². The first-order valence-electron chi connectivity index (χ1n) is 5.92. The quantitative estimate of drug-likeness (QED) is 0.814. The molecule has 0 aliphatic rings. The van der Waals surface area contributed by atoms with E-state index in [0.29, 0.717) is 6.07 Å². The zero-order valence-corrected chi connectivity index (χ0v) is 10.7. The molecule has 2 rings (SSSR count). The number of hydrogen-bond acceptors (Lipinski definition) is 2. The first-order chi connectivity index (χ1) is 9.99. The summed E-state index contributed by atoms with van der Waals surface area (Å²) in [6.45, 7) is -0.707. The van der Waals surface area contributed by atoms with Crippen LogP contribution >= 0.6 is 0 Å². The van der Waals surface area contributed by atoms with E-state index in [0.717, 1.165) is 12.1 Å². The van der Waals surface area contributed by atoms with E-state index in [1.54, 1.807) is 0 Å². The third-order valence-electron chi connectivity index (χ3n) is 2.65. The van der Waals surface area contributed by atoms with Crippen LogP contribution in [0.1, 0.15) is 5.56 Å². The molecule has 0 unspecified atom stereocenters. The molecule has 7 heteroatoms. The molecule has 2 amide bonds. The molecule has 0 fully saturated rings. The second kappa shape index (κ2) is 6.27. The Bertz CT molecular complexity index is 677. The normalized spacial score (nSPS) is 10.3. The number of carbonyl (C=O) groups is 1. The lowest BCUT2D eigenvalue weighted by molar-refractivity contribution is 0.261. The number of rotatable bonds is 3. The number of nitrogens with one attached hydrogen (secondary N) is 2. The zero-order chi connectivity index (χ0) is 15.4. The number of hydrogen-bond donors (Lipinski definition) is 3. The van der Waals surface area contributed by atoms with Gasteiger partial charge in [0.1, 0.15) is 17.5 Å². The van der Waals surface area contributed by atoms with Gasteiger partial charge < -0.3 is 15.7 Å². The van der Waals surface area contributed by atoms with Gasteiger partial charge in [-0.05, 0) is 24.3 Å². The molecule has 21 heavy (non-hydrogen) atoms. The van der Waals surface area contributed by atoms with E-state index in [1.165, 1.54) is 18.2 Å². The number of carbonyl (C=O) groups excluding carboxylic acids is 1. The molecule has 3 N–H and O–H groups in total. The standard InChI is InChI=1S/C14H11F3N2O2/c15-8-2-1-3-10(4-8)18-14(21)19-13-6-9(16)5-12(17)11(13)7-20/h1-6,20H,7H2,(H2,18,19,21). The van der Waals surface area contributed by atoms with Crippen LogP contribution in [0.25, 0.3) is 0 Å². The lowest BCUT2D eigenvalue weighted by atomic mass is 10.1. The van der Waals surface area contributed by atoms with Crippen LogP contribution < -0.4 is 10.6 Å². The molecule has 0 atom stereocenters. The molecule has 110 valence electrons. The van der Waals surface area contributed by atoms with Gasteiger partial charge in [-0.25, -0.2) is 18.0 Å². The van der Waals surface area contributed by atoms with Crippen LogP contribution in [0.5, 0.6) is 0 Å². The second-order valence-electron chi connectivity index (χ2n) is 4.16. The van der Waals surface area contributed by atoms with E-state index < -0.39 is 30.1 Å². The fraction of sp³-hybridized carbons (Fsp3) is 0.0714. The van der Waals surface area contributed by atoms with Crippen molar-refractivity contribution in [1.29, 1.82) is 0 Å². The van der Waals surface area contributed by atoms with Crippen molar-refractivity contribution in [3.63, 3.8) is 0 Å². The SMILES string of the molecule is O=C(Nc1cccc(F)c1)Nc1cc(F)cc(F)c1CO. The van der Waals surface area contributed by atoms with Crippen molar-refractivity contribution in [1.82, 2.24) is 0 Å². The number of aliphatic hydroxyl groups excluding tert-OH is 1. The molecule has 0 aliphatic carbocycles. The maximum absolute atomic E-state index is 13.4. The molecular weight excluding hydrogens is 285 g/mol. The summed E-state index contributed by atoms with van der Waals surface area (Å²) in [4.78, 5) is 11.7. The van der Waals surface area contributed by atoms with E-state index in [1.807, 2.05) is 0 Å². The minimum atomic E-state index is -0.974. The van der Waals surface area contributed by atoms with Gasteiger partial charge in [0.2, 0.25) is 0 Å². The maximum atomic E-state index is 13.4. The number of aliphatic hydroxyl groups is 1. The minimum absolute atomic E-state index is 0.176. The lowest BCUT2D eigenvalue weighted by Crippen LogP contribution is -2.21. The number of anilines is 2. The molecule has 0 aromatic heterocycles. The number of benzene rings is 2. The first kappa shape index (κ1) is 14.9. The predicted octanol–water partition coefficient (Wildman–Crippen LogP) is 3.24. The molecule has 0 spiro atoms. The van der Waals surface area contributed by atoms with Crippen LogP contribution in [0, 0.1) is 17.5 Å². The highest BCUT2D eigenvalue weighted by atomic mass is 19.1. The minimum Gasteiger partial charge on any atom is -0.391 e. The predicted molar refractivity (Wildman–Crippen MR) is 71.3 cm³/mol. The van der Waals surface area contributed by atoms with Gasteiger partial charge in [-0.2, -0.15) is 0 Å². The Hall–Kier alpha value is -2.54. The molecule has 0 saturated carbocycles. The summed E-state index contributed by atoms with van der Waals surface area (Å²) in [5.41, 5.74) is -0.274. The summed E-state index contributed by atoms with van der Waals surface area (Å²) in [7, 11) is 0. The third-order valence-corrected chi connectivity index (χ3v) is 2.65. The summed E-state index contributed by atoms with van der Waals surface area (Å²) in [6.07, 6.45) is 0. The van der Waals surface area contributed by atoms with Crippen LogP contribution in [-0.4, -0.2) is 11.1 Å². The van der Waals surface area contributed by atoms with Crippen LogP contribution in [0.3, 0.4) is 0 Å². The molecule has 0 heterocycles. The third kappa shape index (κ3) is 3.73. The summed E-state index contributed by atoms with van der Waals surface area (Å²) < 4.78 is 39.5. The Morgan fingerprint density at radius 1 is 1.05 bits per heavy atom. The summed E-state index contributed by atoms with van der Waals surface area (Å²) in [6, 6.07) is 5.78. The van der Waals surface area contributed by atoms with Crippen molar-refractivity contribution in [3.8, 4) is 0 Å². The molecule has 0 saturated heterocycles. The highest BCUT2D eigenvalue weighted by molar-refractivity contribution is 6.00. The number of amides is 2. The molecule has 4 nitrogen and oxygen atoms in total. The highest BCUT2D eigenvalue weighted by Gasteiger charge is 2.13. The Morgan fingerprint density at radius 2 is 1.81 bits per heavy atom. The molecular formula is C14H11F3N2O2. The molecule has 0 aliphatic heterocycles. The fourth-order valence-electron chi connectivity index (χ4n) is 1.73. The summed E-state index contributed by atoms with van der Waals surface area (Å²) >= 11 is 0. The summed E-state index contributed by atoms with van der Waals surface area (Å²) in [5, 5.41) is 13.5. The van der Waals surface area contributed by atoms with Gasteiger partial charge in [-0.15, -0.1) is 0 Å². The van der Waals surface area contributed by atoms with E-state index in [9.17, 15) is 18.0 Å². The van der Waals surface area contributed by atoms with Gasteiger partial charge in [-0.3, -0.25) is 0 Å². The average Bonchev–Trinajstić information content (AvgIpc) is 2.37. The van der Waals surface area contributed by atoms with Crippen molar-refractivity contribution >= 4 is 17.4 Å². The van der Waals surface area contributed by atoms with Crippen molar-refractivity contribution in [2.75, 3.05) is 10.6 Å². The van der Waals surface area contributed by atoms with E-state index in [4.69, 9.17) is 5.11 Å². The molecule has 0 bridgehead atoms. The van der Waals surface area contributed by atoms with Crippen molar-refractivity contribution in [2.24, 2.45) is 0 Å². The Labute approximate surface area is 118 Å². The largest absolute Gasteiger partial charge is 0.391 e. The van der Waals surface area contributed by atoms with Crippen molar-refractivity contribution in [3.05, 3.63) is 59.4 Å². The maximum Gasteiger partial charge on any atom is 0.323 e. The second-order valence-corrected chi connectivity index (χ2v) is 4.16. The number of halogens is 3. The Morgan fingerprint density at radius 3 is 2.48 bits per heavy atom. The summed E-state index contributed by atoms with van der Waals surface area (Å²) in [5.74, 6) is -2.41. The van der Waals surface area contributed by atoms with Crippen LogP contribution in [-0.2, 0) is 6.61 Å². The molecule has 0 radical (unpaired) electrons. The van der Waals surface area contributed by atoms with Gasteiger partial charge in [0.05, 0.1) is 12.3 Å². The zero-order valence-electron chi connectivity index (χ0n) is 10.7. The van der Waals surface area contributed by atoms with Crippen LogP contribution in [0.15, 0.2) is 36.4 Å². The van der Waals surface area contributed by atoms with Crippen LogP contribution in [0.4, 0.5) is 29.3 Å². The van der Waals surface area contributed by atoms with E-state index >= 15 is 0 Å². The van der Waals surface area contributed by atoms with Gasteiger partial charge in [-0.1, -0.05) is 6.07 Å². The monoisotopic (exact) mass is 296 g/mol. The van der Waals surface area contributed by atoms with E-state index in [2.05, 4.69) is 10.6 Å². The van der Waals surface area contributed by atoms with Gasteiger partial charge in [0.15, 0.2) is 0 Å². The van der Waals surface area contributed by atoms with E-state index in [-0.39, 0.29) is 16.9 Å². The van der Waals surface area contributed by atoms with Gasteiger partial charge in [0.25, 0.3) is 0 Å². The fourth-order valence-corrected chi connectivity index (χ4v) is 1.73. The average molecular weight is 296 g/mol. The first-order valence-corrected chi connectivity index (χ1v) is 5.92. The lowest BCUT2D eigenvalue weighted by Gasteiger charge is -2.11. The topological polar surface area (TPSA) is 61.4 Å². The van der Waals surface area contributed by atoms with Gasteiger partial charge >= 0.3 is 6.03 Å². The number of urea groups is 1. The van der Waals surface area contributed by atoms with Crippen LogP contribution in [0.2, 0.25) is 0 Å².